The average molecular weight is 347 g/mol. The van der Waals surface area contributed by atoms with Crippen molar-refractivity contribution in [3.63, 3.8) is 0 Å². The van der Waals surface area contributed by atoms with Crippen LogP contribution in [0.15, 0.2) is 24.3 Å². The van der Waals surface area contributed by atoms with Gasteiger partial charge in [0.25, 0.3) is 0 Å². The molecule has 2 aliphatic rings. The summed E-state index contributed by atoms with van der Waals surface area (Å²) in [7, 11) is 2.22. The predicted octanol–water partition coefficient (Wildman–Crippen LogP) is 1.44. The Morgan fingerprint density at radius 3 is 2.44 bits per heavy atom. The van der Waals surface area contributed by atoms with E-state index in [0.29, 0.717) is 5.75 Å². The number of nitrogens with zero attached hydrogens (tertiary/aromatic N) is 3. The van der Waals surface area contributed by atoms with E-state index in [1.54, 1.807) is 12.1 Å². The Labute approximate surface area is 152 Å². The molecule has 1 aromatic rings. The summed E-state index contributed by atoms with van der Waals surface area (Å²) in [5, 5.41) is 12.9. The molecule has 2 heterocycles. The molecule has 2 N–H and O–H groups in total. The number of hydrogen-bond acceptors (Lipinski definition) is 5. The lowest BCUT2D eigenvalue weighted by Crippen LogP contribution is -2.50. The number of aromatic hydroxyl groups is 1. The largest absolute Gasteiger partial charge is 0.508 e. The Morgan fingerprint density at radius 2 is 1.76 bits per heavy atom. The first-order valence-corrected chi connectivity index (χ1v) is 9.81. The lowest BCUT2D eigenvalue weighted by molar-refractivity contribution is 0.0716. The maximum atomic E-state index is 9.46. The first kappa shape index (κ1) is 18.6. The predicted molar refractivity (Wildman–Crippen MR) is 103 cm³/mol. The highest BCUT2D eigenvalue weighted by Crippen LogP contribution is 2.16. The molecule has 0 saturated carbocycles. The van der Waals surface area contributed by atoms with E-state index >= 15 is 0 Å². The highest BCUT2D eigenvalue weighted by Gasteiger charge is 2.20. The molecule has 25 heavy (non-hydrogen) atoms. The molecule has 0 aromatic heterocycles. The van der Waals surface area contributed by atoms with E-state index in [1.807, 2.05) is 12.1 Å². The molecule has 2 fully saturated rings. The second kappa shape index (κ2) is 9.53. The number of phenolic OH excluding ortho intramolecular Hbond substituents is 1. The van der Waals surface area contributed by atoms with Gasteiger partial charge in [-0.2, -0.15) is 0 Å². The molecular weight excluding hydrogens is 312 g/mol. The van der Waals surface area contributed by atoms with Gasteiger partial charge in [0.1, 0.15) is 5.75 Å². The van der Waals surface area contributed by atoms with Crippen molar-refractivity contribution < 1.29 is 5.11 Å². The summed E-state index contributed by atoms with van der Waals surface area (Å²) in [6.07, 6.45) is 3.66. The molecule has 0 atom stereocenters. The number of likely N-dealkylation sites (N-methyl/N-ethyl adjacent to an activating group) is 1. The van der Waals surface area contributed by atoms with Gasteiger partial charge in [0.15, 0.2) is 0 Å². The number of rotatable bonds is 7. The third-order valence-electron chi connectivity index (χ3n) is 5.62. The molecule has 3 rings (SSSR count). The lowest BCUT2D eigenvalue weighted by Gasteiger charge is -2.38. The van der Waals surface area contributed by atoms with Crippen LogP contribution in [0, 0.1) is 5.92 Å². The fraction of sp³-hybridized carbons (Fsp3) is 0.700. The van der Waals surface area contributed by atoms with Crippen LogP contribution in [0.2, 0.25) is 0 Å². The van der Waals surface area contributed by atoms with Gasteiger partial charge in [-0.3, -0.25) is 9.80 Å². The second-order valence-corrected chi connectivity index (χ2v) is 7.75. The molecule has 5 heteroatoms. The van der Waals surface area contributed by atoms with Crippen LogP contribution in [-0.2, 0) is 6.42 Å². The number of piperazine rings is 1. The summed E-state index contributed by atoms with van der Waals surface area (Å²) in [5.74, 6) is 1.18. The van der Waals surface area contributed by atoms with Crippen molar-refractivity contribution in [2.45, 2.75) is 19.3 Å². The van der Waals surface area contributed by atoms with E-state index in [2.05, 4.69) is 27.1 Å². The maximum absolute atomic E-state index is 9.46. The molecule has 140 valence electrons. The molecule has 0 unspecified atom stereocenters. The Balaban J connectivity index is 1.53. The van der Waals surface area contributed by atoms with Crippen molar-refractivity contribution >= 4 is 0 Å². The maximum Gasteiger partial charge on any atom is 0.115 e. The van der Waals surface area contributed by atoms with Crippen molar-refractivity contribution in [2.24, 2.45) is 5.92 Å². The Bertz CT molecular complexity index is 493. The molecule has 0 amide bonds. The first-order chi connectivity index (χ1) is 12.2. The van der Waals surface area contributed by atoms with Crippen LogP contribution in [-0.4, -0.2) is 85.9 Å². The number of benzene rings is 1. The van der Waals surface area contributed by atoms with Crippen LogP contribution in [0.1, 0.15) is 18.4 Å². The third kappa shape index (κ3) is 6.26. The van der Waals surface area contributed by atoms with Crippen LogP contribution in [0.5, 0.6) is 5.75 Å². The van der Waals surface area contributed by atoms with Crippen LogP contribution in [0.25, 0.3) is 0 Å². The zero-order valence-corrected chi connectivity index (χ0v) is 15.7. The van der Waals surface area contributed by atoms with E-state index in [-0.39, 0.29) is 0 Å². The number of phenols is 1. The Kier molecular flexibility index (Phi) is 7.11. The minimum absolute atomic E-state index is 0.354. The highest BCUT2D eigenvalue weighted by atomic mass is 16.3. The van der Waals surface area contributed by atoms with E-state index in [9.17, 15) is 5.11 Å². The van der Waals surface area contributed by atoms with Crippen molar-refractivity contribution in [3.05, 3.63) is 29.8 Å². The van der Waals surface area contributed by atoms with Crippen LogP contribution in [0.3, 0.4) is 0 Å². The zero-order valence-electron chi connectivity index (χ0n) is 15.7. The minimum Gasteiger partial charge on any atom is -0.508 e. The molecule has 2 aliphatic heterocycles. The Morgan fingerprint density at radius 1 is 1.08 bits per heavy atom. The Hall–Kier alpha value is -1.14. The second-order valence-electron chi connectivity index (χ2n) is 7.75. The molecule has 0 radical (unpaired) electrons. The monoisotopic (exact) mass is 346 g/mol. The van der Waals surface area contributed by atoms with Gasteiger partial charge in [0.2, 0.25) is 0 Å². The standard InChI is InChI=1S/C20H34N4O/c1-22-12-14-23(15-13-22)17-24(16-19-6-9-21-10-7-19)11-8-18-2-4-20(25)5-3-18/h2-5,19,21,25H,6-17H2,1H3. The average Bonchev–Trinajstić information content (AvgIpc) is 2.64. The fourth-order valence-corrected chi connectivity index (χ4v) is 3.87. The molecular formula is C20H34N4O. The minimum atomic E-state index is 0.354. The van der Waals surface area contributed by atoms with Gasteiger partial charge >= 0.3 is 0 Å². The van der Waals surface area contributed by atoms with E-state index in [1.165, 1.54) is 64.2 Å². The summed E-state index contributed by atoms with van der Waals surface area (Å²) in [6, 6.07) is 7.70. The topological polar surface area (TPSA) is 42.0 Å². The number of piperidine rings is 1. The van der Waals surface area contributed by atoms with Crippen LogP contribution < -0.4 is 5.32 Å². The van der Waals surface area contributed by atoms with E-state index < -0.39 is 0 Å². The van der Waals surface area contributed by atoms with Crippen molar-refractivity contribution in [3.8, 4) is 5.75 Å². The molecule has 0 bridgehead atoms. The van der Waals surface area contributed by atoms with Crippen LogP contribution >= 0.6 is 0 Å². The van der Waals surface area contributed by atoms with E-state index in [4.69, 9.17) is 0 Å². The first-order valence-electron chi connectivity index (χ1n) is 9.81. The van der Waals surface area contributed by atoms with Gasteiger partial charge < -0.3 is 15.3 Å². The number of nitrogens with one attached hydrogen (secondary N) is 1. The summed E-state index contributed by atoms with van der Waals surface area (Å²) < 4.78 is 0. The van der Waals surface area contributed by atoms with E-state index in [0.717, 1.165) is 25.6 Å². The van der Waals surface area contributed by atoms with Gasteiger partial charge in [-0.05, 0) is 63.0 Å². The van der Waals surface area contributed by atoms with Crippen molar-refractivity contribution in [2.75, 3.05) is 66.1 Å². The molecule has 0 spiro atoms. The van der Waals surface area contributed by atoms with Crippen molar-refractivity contribution in [1.82, 2.24) is 20.0 Å². The summed E-state index contributed by atoms with van der Waals surface area (Å²) in [4.78, 5) is 7.69. The summed E-state index contributed by atoms with van der Waals surface area (Å²) in [6.45, 7) is 10.5. The summed E-state index contributed by atoms with van der Waals surface area (Å²) in [5.41, 5.74) is 1.31. The zero-order chi connectivity index (χ0) is 17.5. The van der Waals surface area contributed by atoms with Gasteiger partial charge in [0, 0.05) is 39.3 Å². The summed E-state index contributed by atoms with van der Waals surface area (Å²) >= 11 is 0. The normalized spacial score (nSPS) is 21.0. The van der Waals surface area contributed by atoms with Gasteiger partial charge in [-0.1, -0.05) is 12.1 Å². The van der Waals surface area contributed by atoms with Gasteiger partial charge in [0.05, 0.1) is 6.67 Å². The highest BCUT2D eigenvalue weighted by molar-refractivity contribution is 5.26. The fourth-order valence-electron chi connectivity index (χ4n) is 3.87. The molecule has 5 nitrogen and oxygen atoms in total. The quantitative estimate of drug-likeness (QED) is 0.782. The third-order valence-corrected chi connectivity index (χ3v) is 5.62. The SMILES string of the molecule is CN1CCN(CN(CCc2ccc(O)cc2)CC2CCNCC2)CC1. The van der Waals surface area contributed by atoms with Crippen molar-refractivity contribution in [1.29, 1.82) is 0 Å². The number of hydrogen-bond donors (Lipinski definition) is 2. The lowest BCUT2D eigenvalue weighted by atomic mass is 9.97. The molecule has 2 saturated heterocycles. The van der Waals surface area contributed by atoms with Crippen LogP contribution in [0.4, 0.5) is 0 Å². The smallest absolute Gasteiger partial charge is 0.115 e. The van der Waals surface area contributed by atoms with Gasteiger partial charge in [-0.15, -0.1) is 0 Å². The van der Waals surface area contributed by atoms with Gasteiger partial charge in [-0.25, -0.2) is 0 Å². The molecule has 0 aliphatic carbocycles. The molecule has 1 aromatic carbocycles.